The Morgan fingerprint density at radius 1 is 1.24 bits per heavy atom. The number of allylic oxidation sites excluding steroid dienone is 4. The average molecular weight is 535 g/mol. The number of nitrogens with one attached hydrogen (secondary N) is 1. The lowest BCUT2D eigenvalue weighted by atomic mass is 10.1. The van der Waals surface area contributed by atoms with E-state index in [0.717, 1.165) is 17.2 Å². The average Bonchev–Trinajstić information content (AvgIpc) is 2.97. The molecule has 0 fully saturated rings. The van der Waals surface area contributed by atoms with E-state index in [4.69, 9.17) is 9.84 Å². The predicted molar refractivity (Wildman–Crippen MR) is 129 cm³/mol. The first kappa shape index (κ1) is 25.6. The van der Waals surface area contributed by atoms with Gasteiger partial charge in [-0.15, -0.1) is 0 Å². The molecule has 1 amide bonds. The van der Waals surface area contributed by atoms with Crippen molar-refractivity contribution in [3.05, 3.63) is 97.9 Å². The first-order valence-corrected chi connectivity index (χ1v) is 11.5. The number of benzene rings is 1. The van der Waals surface area contributed by atoms with Gasteiger partial charge in [-0.1, -0.05) is 30.3 Å². The van der Waals surface area contributed by atoms with E-state index in [1.54, 1.807) is 17.6 Å². The number of hydrogen-bond donors (Lipinski definition) is 2. The van der Waals surface area contributed by atoms with E-state index in [9.17, 15) is 18.4 Å². The Morgan fingerprint density at radius 2 is 2.00 bits per heavy atom. The Labute approximate surface area is 204 Å². The van der Waals surface area contributed by atoms with E-state index in [1.165, 1.54) is 18.2 Å². The van der Waals surface area contributed by atoms with Crippen LogP contribution >= 0.6 is 15.9 Å². The van der Waals surface area contributed by atoms with E-state index in [0.29, 0.717) is 31.0 Å². The second-order valence-corrected chi connectivity index (χ2v) is 8.64. The summed E-state index contributed by atoms with van der Waals surface area (Å²) in [6.45, 7) is 2.03. The number of hydrogen-bond acceptors (Lipinski definition) is 4. The lowest BCUT2D eigenvalue weighted by molar-refractivity contribution is -0.123. The normalized spacial score (nSPS) is 15.4. The third kappa shape index (κ3) is 6.98. The Balaban J connectivity index is 1.70. The van der Waals surface area contributed by atoms with Gasteiger partial charge in [0.2, 0.25) is 5.91 Å². The molecule has 1 unspecified atom stereocenters. The zero-order valence-electron chi connectivity index (χ0n) is 18.6. The molecule has 9 heteroatoms. The molecule has 2 N–H and O–H groups in total. The van der Waals surface area contributed by atoms with Crippen LogP contribution in [0.3, 0.4) is 0 Å². The summed E-state index contributed by atoms with van der Waals surface area (Å²) < 4.78 is 34.6. The molecular formula is C25H25BrF2N2O4. The lowest BCUT2D eigenvalue weighted by Crippen LogP contribution is -2.28. The predicted octanol–water partition coefficient (Wildman–Crippen LogP) is 3.89. The van der Waals surface area contributed by atoms with Crippen LogP contribution in [0.15, 0.2) is 75.6 Å². The molecule has 180 valence electrons. The molecular weight excluding hydrogens is 510 g/mol. The fourth-order valence-corrected chi connectivity index (χ4v) is 3.92. The number of aliphatic hydroxyl groups is 1. The monoisotopic (exact) mass is 534 g/mol. The number of amides is 1. The SMILES string of the molecule is Cc1cc(OCC2C=CC(F)=CC(F)=C2)c(Br)c(=O)n1Cc1cccc(CCNC(=O)CO)c1. The quantitative estimate of drug-likeness (QED) is 0.511. The van der Waals surface area contributed by atoms with Crippen molar-refractivity contribution in [2.75, 3.05) is 19.8 Å². The largest absolute Gasteiger partial charge is 0.491 e. The fraction of sp³-hybridized carbons (Fsp3) is 0.280. The summed E-state index contributed by atoms with van der Waals surface area (Å²) in [6, 6.07) is 9.40. The number of carbonyl (C=O) groups excluding carboxylic acids is 1. The minimum atomic E-state index is -0.681. The summed E-state index contributed by atoms with van der Waals surface area (Å²) in [5.41, 5.74) is 2.30. The van der Waals surface area contributed by atoms with E-state index in [2.05, 4.69) is 21.2 Å². The molecule has 0 spiro atoms. The Morgan fingerprint density at radius 3 is 2.76 bits per heavy atom. The number of aromatic nitrogens is 1. The smallest absolute Gasteiger partial charge is 0.269 e. The Bertz CT molecular complexity index is 1200. The van der Waals surface area contributed by atoms with Crippen LogP contribution in [0, 0.1) is 12.8 Å². The molecule has 1 atom stereocenters. The third-order valence-electron chi connectivity index (χ3n) is 5.21. The number of aliphatic hydroxyl groups excluding tert-OH is 1. The number of ether oxygens (including phenoxy) is 1. The van der Waals surface area contributed by atoms with Crippen LogP contribution in [-0.4, -0.2) is 35.3 Å². The molecule has 0 bridgehead atoms. The molecule has 1 aliphatic rings. The number of rotatable bonds is 9. The van der Waals surface area contributed by atoms with Crippen LogP contribution in [0.2, 0.25) is 0 Å². The highest BCUT2D eigenvalue weighted by atomic mass is 79.9. The molecule has 1 aliphatic carbocycles. The van der Waals surface area contributed by atoms with Gasteiger partial charge in [0.15, 0.2) is 0 Å². The van der Waals surface area contributed by atoms with Crippen molar-refractivity contribution < 1.29 is 23.4 Å². The van der Waals surface area contributed by atoms with Gasteiger partial charge in [-0.05, 0) is 52.6 Å². The zero-order chi connectivity index (χ0) is 24.7. The van der Waals surface area contributed by atoms with Crippen LogP contribution in [-0.2, 0) is 17.8 Å². The molecule has 2 aromatic rings. The number of halogens is 3. The highest BCUT2D eigenvalue weighted by Gasteiger charge is 2.15. The lowest BCUT2D eigenvalue weighted by Gasteiger charge is -2.16. The molecule has 0 saturated heterocycles. The van der Waals surface area contributed by atoms with Crippen molar-refractivity contribution >= 4 is 21.8 Å². The Hall–Kier alpha value is -3.04. The second kappa shape index (κ2) is 11.9. The maximum Gasteiger partial charge on any atom is 0.269 e. The first-order chi connectivity index (χ1) is 16.3. The number of aryl methyl sites for hydroxylation is 1. The van der Waals surface area contributed by atoms with Crippen molar-refractivity contribution in [1.29, 1.82) is 0 Å². The minimum absolute atomic E-state index is 0.0431. The number of pyridine rings is 1. The molecule has 6 nitrogen and oxygen atoms in total. The zero-order valence-corrected chi connectivity index (χ0v) is 20.1. The molecule has 3 rings (SSSR count). The van der Waals surface area contributed by atoms with E-state index in [-0.39, 0.29) is 16.6 Å². The molecule has 1 aromatic carbocycles. The van der Waals surface area contributed by atoms with Gasteiger partial charge >= 0.3 is 0 Å². The number of nitrogens with zero attached hydrogens (tertiary/aromatic N) is 1. The first-order valence-electron chi connectivity index (χ1n) is 10.7. The summed E-state index contributed by atoms with van der Waals surface area (Å²) >= 11 is 3.31. The molecule has 1 aromatic heterocycles. The van der Waals surface area contributed by atoms with Crippen LogP contribution < -0.4 is 15.6 Å². The maximum atomic E-state index is 13.6. The molecule has 0 saturated carbocycles. The summed E-state index contributed by atoms with van der Waals surface area (Å²) in [7, 11) is 0. The van der Waals surface area contributed by atoms with Crippen LogP contribution in [0.1, 0.15) is 16.8 Å². The minimum Gasteiger partial charge on any atom is -0.491 e. The van der Waals surface area contributed by atoms with Crippen LogP contribution in [0.4, 0.5) is 8.78 Å². The van der Waals surface area contributed by atoms with Gasteiger partial charge in [0.1, 0.15) is 28.5 Å². The van der Waals surface area contributed by atoms with Gasteiger partial charge in [-0.25, -0.2) is 8.78 Å². The van der Waals surface area contributed by atoms with Crippen LogP contribution in [0.25, 0.3) is 0 Å². The Kier molecular flexibility index (Phi) is 8.95. The molecule has 0 aliphatic heterocycles. The van der Waals surface area contributed by atoms with E-state index < -0.39 is 30.1 Å². The summed E-state index contributed by atoms with van der Waals surface area (Å²) in [4.78, 5) is 24.2. The topological polar surface area (TPSA) is 80.6 Å². The van der Waals surface area contributed by atoms with Crippen molar-refractivity contribution in [3.63, 3.8) is 0 Å². The van der Waals surface area contributed by atoms with Crippen molar-refractivity contribution in [2.45, 2.75) is 19.9 Å². The highest BCUT2D eigenvalue weighted by molar-refractivity contribution is 9.10. The van der Waals surface area contributed by atoms with Crippen molar-refractivity contribution in [2.24, 2.45) is 5.92 Å². The van der Waals surface area contributed by atoms with Gasteiger partial charge in [0, 0.05) is 30.3 Å². The van der Waals surface area contributed by atoms with Gasteiger partial charge < -0.3 is 19.7 Å². The standard InChI is InChI=1S/C25H25BrF2N2O4/c1-16-9-22(34-15-19-5-6-20(27)12-21(28)11-19)24(26)25(33)30(16)13-18-4-2-3-17(10-18)7-8-29-23(32)14-31/h2-6,9-12,19,31H,7-8,13-15H2,1H3,(H,29,32). The third-order valence-corrected chi connectivity index (χ3v) is 5.94. The highest BCUT2D eigenvalue weighted by Crippen LogP contribution is 2.25. The van der Waals surface area contributed by atoms with E-state index >= 15 is 0 Å². The van der Waals surface area contributed by atoms with Gasteiger partial charge in [0.25, 0.3) is 5.56 Å². The fourth-order valence-electron chi connectivity index (χ4n) is 3.48. The second-order valence-electron chi connectivity index (χ2n) is 7.85. The molecule has 34 heavy (non-hydrogen) atoms. The van der Waals surface area contributed by atoms with E-state index in [1.807, 2.05) is 24.3 Å². The summed E-state index contributed by atoms with van der Waals surface area (Å²) in [5.74, 6) is -1.93. The number of carbonyl (C=O) groups is 1. The van der Waals surface area contributed by atoms with Crippen LogP contribution in [0.5, 0.6) is 5.75 Å². The summed E-state index contributed by atoms with van der Waals surface area (Å²) in [5, 5.41) is 11.4. The van der Waals surface area contributed by atoms with Gasteiger partial charge in [-0.3, -0.25) is 9.59 Å². The van der Waals surface area contributed by atoms with Gasteiger partial charge in [0.05, 0.1) is 13.2 Å². The van der Waals surface area contributed by atoms with Gasteiger partial charge in [-0.2, -0.15) is 0 Å². The van der Waals surface area contributed by atoms with Crippen molar-refractivity contribution in [1.82, 2.24) is 9.88 Å². The summed E-state index contributed by atoms with van der Waals surface area (Å²) in [6.07, 6.45) is 5.34. The maximum absolute atomic E-state index is 13.6. The molecule has 0 radical (unpaired) electrons. The molecule has 1 heterocycles. The van der Waals surface area contributed by atoms with Crippen molar-refractivity contribution in [3.8, 4) is 5.75 Å².